The van der Waals surface area contributed by atoms with Crippen LogP contribution < -0.4 is 4.90 Å². The van der Waals surface area contributed by atoms with Gasteiger partial charge in [-0.15, -0.1) is 0 Å². The first kappa shape index (κ1) is 22.2. The summed E-state index contributed by atoms with van der Waals surface area (Å²) in [7, 11) is 0. The number of nitrogens with one attached hydrogen (secondary N) is 1. The number of benzene rings is 1. The van der Waals surface area contributed by atoms with Crippen molar-refractivity contribution in [1.29, 1.82) is 0 Å². The van der Waals surface area contributed by atoms with E-state index in [4.69, 9.17) is 4.74 Å². The van der Waals surface area contributed by atoms with Crippen LogP contribution in [0.25, 0.3) is 0 Å². The minimum Gasteiger partial charge on any atom is -0.393 e. The molecular formula is C29H42NO3+. The predicted octanol–water partition coefficient (Wildman–Crippen LogP) is 3.36. The zero-order valence-corrected chi connectivity index (χ0v) is 20.1. The zero-order valence-electron chi connectivity index (χ0n) is 20.1. The van der Waals surface area contributed by atoms with Crippen LogP contribution in [0.2, 0.25) is 0 Å². The van der Waals surface area contributed by atoms with Crippen molar-refractivity contribution in [3.63, 3.8) is 0 Å². The molecule has 33 heavy (non-hydrogen) atoms. The number of likely N-dealkylation sites (tertiary alicyclic amines) is 1. The van der Waals surface area contributed by atoms with E-state index in [2.05, 4.69) is 30.3 Å². The Morgan fingerprint density at radius 1 is 1.09 bits per heavy atom. The van der Waals surface area contributed by atoms with Crippen molar-refractivity contribution < 1.29 is 19.5 Å². The lowest BCUT2D eigenvalue weighted by Crippen LogP contribution is -3.21. The maximum atomic E-state index is 13.0. The molecule has 1 heterocycles. The minimum atomic E-state index is -0.257. The summed E-state index contributed by atoms with van der Waals surface area (Å²) in [5.74, 6) is 2.15. The number of ketones is 1. The Kier molecular flexibility index (Phi) is 5.91. The Balaban J connectivity index is 1.31. The third-order valence-corrected chi connectivity index (χ3v) is 10.3. The van der Waals surface area contributed by atoms with Crippen LogP contribution in [0.3, 0.4) is 0 Å². The highest BCUT2D eigenvalue weighted by Gasteiger charge is 2.73. The summed E-state index contributed by atoms with van der Waals surface area (Å²) >= 11 is 0. The van der Waals surface area contributed by atoms with E-state index < -0.39 is 0 Å². The molecule has 0 spiro atoms. The number of quaternary nitrogens is 1. The van der Waals surface area contributed by atoms with Gasteiger partial charge in [-0.05, 0) is 62.3 Å². The second-order valence-electron chi connectivity index (χ2n) is 12.1. The Hall–Kier alpha value is -1.23. The fourth-order valence-corrected chi connectivity index (χ4v) is 8.87. The smallest absolute Gasteiger partial charge is 0.133 e. The largest absolute Gasteiger partial charge is 0.393 e. The average molecular weight is 453 g/mol. The van der Waals surface area contributed by atoms with Gasteiger partial charge in [-0.2, -0.15) is 0 Å². The number of rotatable bonds is 7. The molecule has 0 aromatic heterocycles. The first-order valence-corrected chi connectivity index (χ1v) is 13.8. The number of fused-ring (bicyclic) bond motifs is 1. The van der Waals surface area contributed by atoms with Gasteiger partial charge in [0.05, 0.1) is 19.2 Å². The molecule has 1 saturated heterocycles. The number of aryl methyl sites for hydroxylation is 1. The van der Waals surface area contributed by atoms with Crippen molar-refractivity contribution >= 4 is 5.78 Å². The van der Waals surface area contributed by atoms with Crippen LogP contribution in [-0.4, -0.2) is 48.3 Å². The molecule has 2 N–H and O–H groups in total. The molecule has 1 aromatic carbocycles. The van der Waals surface area contributed by atoms with Crippen molar-refractivity contribution in [2.45, 2.75) is 94.8 Å². The molecule has 0 amide bonds. The third-order valence-electron chi connectivity index (χ3n) is 10.3. The summed E-state index contributed by atoms with van der Waals surface area (Å²) in [5, 5.41) is 11.3. The highest BCUT2D eigenvalue weighted by Crippen LogP contribution is 2.64. The summed E-state index contributed by atoms with van der Waals surface area (Å²) < 4.78 is 7.15. The normalized spacial score (nSPS) is 42.5. The Morgan fingerprint density at radius 2 is 1.94 bits per heavy atom. The molecule has 5 fully saturated rings. The SMILES string of the molecule is O=C1CC[C@@]2(OCCCc3ccccc3)C3CC4CCCC(O)C4[C@@]2(CC[NH+]3CC2CC2)C1. The van der Waals surface area contributed by atoms with E-state index in [1.54, 1.807) is 4.90 Å². The summed E-state index contributed by atoms with van der Waals surface area (Å²) in [6.07, 6.45) is 12.3. The van der Waals surface area contributed by atoms with Crippen LogP contribution in [0.5, 0.6) is 0 Å². The highest BCUT2D eigenvalue weighted by molar-refractivity contribution is 5.81. The summed E-state index contributed by atoms with van der Waals surface area (Å²) in [4.78, 5) is 14.7. The van der Waals surface area contributed by atoms with E-state index in [9.17, 15) is 9.90 Å². The molecule has 4 nitrogen and oxygen atoms in total. The van der Waals surface area contributed by atoms with E-state index in [-0.39, 0.29) is 23.0 Å². The van der Waals surface area contributed by atoms with Gasteiger partial charge < -0.3 is 14.7 Å². The Labute approximate surface area is 199 Å². The molecule has 4 saturated carbocycles. The quantitative estimate of drug-likeness (QED) is 0.624. The van der Waals surface area contributed by atoms with Crippen LogP contribution in [0, 0.1) is 23.2 Å². The van der Waals surface area contributed by atoms with Gasteiger partial charge in [0.25, 0.3) is 0 Å². The van der Waals surface area contributed by atoms with E-state index in [1.807, 2.05) is 0 Å². The first-order valence-electron chi connectivity index (χ1n) is 13.8. The van der Waals surface area contributed by atoms with Crippen LogP contribution in [0.4, 0.5) is 0 Å². The maximum absolute atomic E-state index is 13.0. The number of hydrogen-bond acceptors (Lipinski definition) is 3. The topological polar surface area (TPSA) is 51.0 Å². The molecule has 7 atom stereocenters. The van der Waals surface area contributed by atoms with Crippen LogP contribution >= 0.6 is 0 Å². The molecule has 2 bridgehead atoms. The lowest BCUT2D eigenvalue weighted by molar-refractivity contribution is -0.948. The van der Waals surface area contributed by atoms with E-state index in [0.29, 0.717) is 30.6 Å². The average Bonchev–Trinajstić information content (AvgIpc) is 3.63. The van der Waals surface area contributed by atoms with Crippen molar-refractivity contribution in [1.82, 2.24) is 0 Å². The van der Waals surface area contributed by atoms with Crippen molar-refractivity contribution in [2.24, 2.45) is 23.2 Å². The van der Waals surface area contributed by atoms with Crippen molar-refractivity contribution in [3.05, 3.63) is 35.9 Å². The number of hydrogen-bond donors (Lipinski definition) is 2. The molecule has 1 aliphatic heterocycles. The number of aliphatic hydroxyl groups is 1. The first-order chi connectivity index (χ1) is 16.1. The van der Waals surface area contributed by atoms with E-state index >= 15 is 0 Å². The highest BCUT2D eigenvalue weighted by atomic mass is 16.5. The van der Waals surface area contributed by atoms with Crippen molar-refractivity contribution in [2.75, 3.05) is 19.7 Å². The molecule has 6 rings (SSSR count). The fraction of sp³-hybridized carbons (Fsp3) is 0.759. The van der Waals surface area contributed by atoms with Gasteiger partial charge in [0.2, 0.25) is 0 Å². The number of piperidine rings is 1. The number of Topliss-reactive ketones (excluding diaryl/α,β-unsaturated/α-hetero) is 1. The van der Waals surface area contributed by atoms with Gasteiger partial charge in [0.1, 0.15) is 17.4 Å². The molecular weight excluding hydrogens is 410 g/mol. The lowest BCUT2D eigenvalue weighted by atomic mass is 9.42. The molecule has 4 heteroatoms. The summed E-state index contributed by atoms with van der Waals surface area (Å²) in [6.45, 7) is 3.23. The third kappa shape index (κ3) is 3.81. The second-order valence-corrected chi connectivity index (χ2v) is 12.1. The van der Waals surface area contributed by atoms with Gasteiger partial charge in [0.15, 0.2) is 0 Å². The van der Waals surface area contributed by atoms with Gasteiger partial charge in [-0.1, -0.05) is 36.8 Å². The zero-order chi connectivity index (χ0) is 22.5. The fourth-order valence-electron chi connectivity index (χ4n) is 8.87. The van der Waals surface area contributed by atoms with Gasteiger partial charge >= 0.3 is 0 Å². The predicted molar refractivity (Wildman–Crippen MR) is 128 cm³/mol. The Morgan fingerprint density at radius 3 is 2.76 bits per heavy atom. The number of aliphatic hydroxyl groups excluding tert-OH is 1. The van der Waals surface area contributed by atoms with Crippen LogP contribution in [0.1, 0.15) is 76.2 Å². The standard InChI is InChI=1S/C29H41NO3/c31-24-13-14-29(33-17-5-8-21-6-2-1-3-7-21)26-18-23-9-4-10-25(32)27(23)28(29,19-24)15-16-30(26)20-22-11-12-22/h1-3,6-7,22-23,25-27,32H,4-5,8-20H2/p+1/t23?,25?,26?,27?,28-,29-/m1/s1. The monoisotopic (exact) mass is 452 g/mol. The molecule has 5 unspecified atom stereocenters. The Bertz CT molecular complexity index is 854. The minimum absolute atomic E-state index is 0.143. The molecule has 0 radical (unpaired) electrons. The van der Waals surface area contributed by atoms with Gasteiger partial charge in [-0.25, -0.2) is 0 Å². The number of carbonyl (C=O) groups excluding carboxylic acids is 1. The van der Waals surface area contributed by atoms with Gasteiger partial charge in [-0.3, -0.25) is 4.79 Å². The summed E-state index contributed by atoms with van der Waals surface area (Å²) in [6, 6.07) is 11.2. The number of ether oxygens (including phenoxy) is 1. The molecule has 5 aliphatic rings. The number of carbonyl (C=O) groups is 1. The molecule has 180 valence electrons. The van der Waals surface area contributed by atoms with Gasteiger partial charge in [0, 0.05) is 43.6 Å². The molecule has 1 aromatic rings. The maximum Gasteiger partial charge on any atom is 0.133 e. The van der Waals surface area contributed by atoms with E-state index in [1.165, 1.54) is 44.3 Å². The summed E-state index contributed by atoms with van der Waals surface area (Å²) in [5.41, 5.74) is 1.01. The van der Waals surface area contributed by atoms with E-state index in [0.717, 1.165) is 51.0 Å². The lowest BCUT2D eigenvalue weighted by Gasteiger charge is -2.68. The van der Waals surface area contributed by atoms with Crippen LogP contribution in [-0.2, 0) is 16.0 Å². The van der Waals surface area contributed by atoms with Crippen LogP contribution in [0.15, 0.2) is 30.3 Å². The second kappa shape index (κ2) is 8.77. The van der Waals surface area contributed by atoms with Crippen molar-refractivity contribution in [3.8, 4) is 0 Å². The molecule has 4 aliphatic carbocycles.